The van der Waals surface area contributed by atoms with Crippen LogP contribution < -0.4 is 10.6 Å². The lowest BCUT2D eigenvalue weighted by Crippen LogP contribution is -2.36. The third-order valence-electron chi connectivity index (χ3n) is 3.48. The Hall–Kier alpha value is -1.09. The van der Waals surface area contributed by atoms with E-state index in [1.165, 1.54) is 31.2 Å². The second-order valence-corrected chi connectivity index (χ2v) is 5.40. The van der Waals surface area contributed by atoms with Crippen molar-refractivity contribution in [1.82, 2.24) is 5.32 Å². The molecule has 0 saturated heterocycles. The fourth-order valence-electron chi connectivity index (χ4n) is 2.54. The van der Waals surface area contributed by atoms with Crippen LogP contribution in [-0.4, -0.2) is 11.2 Å². The molecule has 0 aromatic heterocycles. The highest BCUT2D eigenvalue weighted by Crippen LogP contribution is 2.19. The molecule has 2 nitrogen and oxygen atoms in total. The number of hydrogen-bond donors (Lipinski definition) is 2. The van der Waals surface area contributed by atoms with Crippen LogP contribution in [0, 0.1) is 0 Å². The minimum atomic E-state index is 0.573. The maximum absolute atomic E-state index is 5.39. The predicted molar refractivity (Wildman–Crippen MR) is 82.0 cm³/mol. The first-order chi connectivity index (χ1) is 8.79. The number of aryl methyl sites for hydroxylation is 1. The SMILES string of the molecule is CCCc1ccccc1NC(=S)NC1CCCC1. The van der Waals surface area contributed by atoms with Gasteiger partial charge < -0.3 is 10.6 Å². The van der Waals surface area contributed by atoms with Crippen molar-refractivity contribution in [2.75, 3.05) is 5.32 Å². The maximum Gasteiger partial charge on any atom is 0.171 e. The van der Waals surface area contributed by atoms with Gasteiger partial charge in [0, 0.05) is 11.7 Å². The zero-order valence-electron chi connectivity index (χ0n) is 11.0. The van der Waals surface area contributed by atoms with E-state index in [0.29, 0.717) is 6.04 Å². The highest BCUT2D eigenvalue weighted by atomic mass is 32.1. The molecule has 98 valence electrons. The van der Waals surface area contributed by atoms with Crippen molar-refractivity contribution in [2.24, 2.45) is 0 Å². The Morgan fingerprint density at radius 1 is 1.28 bits per heavy atom. The van der Waals surface area contributed by atoms with Crippen LogP contribution in [0.25, 0.3) is 0 Å². The Morgan fingerprint density at radius 3 is 2.72 bits per heavy atom. The van der Waals surface area contributed by atoms with Crippen molar-refractivity contribution < 1.29 is 0 Å². The molecular formula is C15H22N2S. The van der Waals surface area contributed by atoms with Gasteiger partial charge in [-0.1, -0.05) is 44.4 Å². The Labute approximate surface area is 115 Å². The summed E-state index contributed by atoms with van der Waals surface area (Å²) in [6, 6.07) is 8.99. The molecule has 0 aliphatic heterocycles. The van der Waals surface area contributed by atoms with E-state index in [2.05, 4.69) is 41.8 Å². The molecule has 0 atom stereocenters. The number of benzene rings is 1. The molecule has 0 spiro atoms. The van der Waals surface area contributed by atoms with Gasteiger partial charge in [0.05, 0.1) is 0 Å². The zero-order chi connectivity index (χ0) is 12.8. The second kappa shape index (κ2) is 6.74. The Balaban J connectivity index is 1.93. The summed E-state index contributed by atoms with van der Waals surface area (Å²) in [5.41, 5.74) is 2.49. The Morgan fingerprint density at radius 2 is 2.00 bits per heavy atom. The fourth-order valence-corrected chi connectivity index (χ4v) is 2.82. The minimum Gasteiger partial charge on any atom is -0.360 e. The summed E-state index contributed by atoms with van der Waals surface area (Å²) in [6.45, 7) is 2.20. The molecule has 2 rings (SSSR count). The standard InChI is InChI=1S/C15H22N2S/c1-2-7-12-8-3-6-11-14(12)17-15(18)16-13-9-4-5-10-13/h3,6,8,11,13H,2,4-5,7,9-10H2,1H3,(H2,16,17,18). The largest absolute Gasteiger partial charge is 0.360 e. The highest BCUT2D eigenvalue weighted by molar-refractivity contribution is 7.80. The van der Waals surface area contributed by atoms with Gasteiger partial charge in [0.25, 0.3) is 0 Å². The van der Waals surface area contributed by atoms with Crippen molar-refractivity contribution >= 4 is 23.0 Å². The van der Waals surface area contributed by atoms with E-state index in [4.69, 9.17) is 12.2 Å². The summed E-state index contributed by atoms with van der Waals surface area (Å²) in [5, 5.41) is 7.53. The van der Waals surface area contributed by atoms with Crippen LogP contribution in [0.4, 0.5) is 5.69 Å². The molecule has 18 heavy (non-hydrogen) atoms. The molecule has 2 N–H and O–H groups in total. The molecule has 0 heterocycles. The van der Waals surface area contributed by atoms with E-state index in [1.54, 1.807) is 0 Å². The van der Waals surface area contributed by atoms with Crippen LogP contribution >= 0.6 is 12.2 Å². The molecule has 0 unspecified atom stereocenters. The predicted octanol–water partition coefficient (Wildman–Crippen LogP) is 3.87. The Bertz CT molecular complexity index is 397. The number of anilines is 1. The summed E-state index contributed by atoms with van der Waals surface area (Å²) >= 11 is 5.39. The van der Waals surface area contributed by atoms with E-state index in [9.17, 15) is 0 Å². The van der Waals surface area contributed by atoms with Gasteiger partial charge in [-0.25, -0.2) is 0 Å². The molecule has 1 saturated carbocycles. The molecule has 1 aromatic rings. The highest BCUT2D eigenvalue weighted by Gasteiger charge is 2.15. The maximum atomic E-state index is 5.39. The van der Waals surface area contributed by atoms with Gasteiger partial charge >= 0.3 is 0 Å². The first-order valence-electron chi connectivity index (χ1n) is 6.95. The lowest BCUT2D eigenvalue weighted by molar-refractivity contribution is 0.634. The van der Waals surface area contributed by atoms with Gasteiger partial charge in [-0.05, 0) is 43.1 Å². The van der Waals surface area contributed by atoms with E-state index < -0.39 is 0 Å². The van der Waals surface area contributed by atoms with Crippen LogP contribution in [0.2, 0.25) is 0 Å². The van der Waals surface area contributed by atoms with Crippen LogP contribution in [0.15, 0.2) is 24.3 Å². The van der Waals surface area contributed by atoms with Gasteiger partial charge in [0.15, 0.2) is 5.11 Å². The second-order valence-electron chi connectivity index (χ2n) is 4.99. The van der Waals surface area contributed by atoms with Gasteiger partial charge in [0.2, 0.25) is 0 Å². The first-order valence-corrected chi connectivity index (χ1v) is 7.36. The topological polar surface area (TPSA) is 24.1 Å². The summed E-state index contributed by atoms with van der Waals surface area (Å²) in [6.07, 6.45) is 7.40. The molecule has 0 bridgehead atoms. The van der Waals surface area contributed by atoms with Crippen molar-refractivity contribution in [3.05, 3.63) is 29.8 Å². The van der Waals surface area contributed by atoms with E-state index in [-0.39, 0.29) is 0 Å². The van der Waals surface area contributed by atoms with Crippen molar-refractivity contribution in [3.63, 3.8) is 0 Å². The van der Waals surface area contributed by atoms with Crippen LogP contribution in [0.3, 0.4) is 0 Å². The number of thiocarbonyl (C=S) groups is 1. The van der Waals surface area contributed by atoms with Gasteiger partial charge in [-0.15, -0.1) is 0 Å². The summed E-state index contributed by atoms with van der Waals surface area (Å²) < 4.78 is 0. The molecule has 0 radical (unpaired) electrons. The number of hydrogen-bond acceptors (Lipinski definition) is 1. The van der Waals surface area contributed by atoms with E-state index >= 15 is 0 Å². The average molecular weight is 262 g/mol. The normalized spacial score (nSPS) is 15.6. The molecule has 1 aromatic carbocycles. The van der Waals surface area contributed by atoms with Gasteiger partial charge in [-0.3, -0.25) is 0 Å². The van der Waals surface area contributed by atoms with Crippen molar-refractivity contribution in [3.8, 4) is 0 Å². The lowest BCUT2D eigenvalue weighted by atomic mass is 10.1. The minimum absolute atomic E-state index is 0.573. The molecule has 3 heteroatoms. The monoisotopic (exact) mass is 262 g/mol. The van der Waals surface area contributed by atoms with Gasteiger partial charge in [-0.2, -0.15) is 0 Å². The van der Waals surface area contributed by atoms with Crippen molar-refractivity contribution in [1.29, 1.82) is 0 Å². The third kappa shape index (κ3) is 3.70. The molecular weight excluding hydrogens is 240 g/mol. The van der Waals surface area contributed by atoms with E-state index in [0.717, 1.165) is 23.6 Å². The lowest BCUT2D eigenvalue weighted by Gasteiger charge is -2.17. The summed E-state index contributed by atoms with van der Waals surface area (Å²) in [4.78, 5) is 0. The number of rotatable bonds is 4. The summed E-state index contributed by atoms with van der Waals surface area (Å²) in [5.74, 6) is 0. The average Bonchev–Trinajstić information content (AvgIpc) is 2.84. The quantitative estimate of drug-likeness (QED) is 0.806. The Kier molecular flexibility index (Phi) is 5.00. The van der Waals surface area contributed by atoms with Gasteiger partial charge in [0.1, 0.15) is 0 Å². The number of nitrogens with one attached hydrogen (secondary N) is 2. The van der Waals surface area contributed by atoms with Crippen LogP contribution in [0.5, 0.6) is 0 Å². The molecule has 1 aliphatic carbocycles. The van der Waals surface area contributed by atoms with Crippen LogP contribution in [-0.2, 0) is 6.42 Å². The molecule has 1 fully saturated rings. The van der Waals surface area contributed by atoms with Crippen LogP contribution in [0.1, 0.15) is 44.6 Å². The van der Waals surface area contributed by atoms with E-state index in [1.807, 2.05) is 0 Å². The fraction of sp³-hybridized carbons (Fsp3) is 0.533. The van der Waals surface area contributed by atoms with Crippen molar-refractivity contribution in [2.45, 2.75) is 51.5 Å². The molecule has 0 amide bonds. The zero-order valence-corrected chi connectivity index (χ0v) is 11.9. The molecule has 1 aliphatic rings. The summed E-state index contributed by atoms with van der Waals surface area (Å²) in [7, 11) is 0. The third-order valence-corrected chi connectivity index (χ3v) is 3.70. The smallest absolute Gasteiger partial charge is 0.171 e. The first kappa shape index (κ1) is 13.3. The number of para-hydroxylation sites is 1.